The van der Waals surface area contributed by atoms with Gasteiger partial charge in [0.25, 0.3) is 0 Å². The first-order valence-electron chi connectivity index (χ1n) is 12.7. The number of nitrogens with zero attached hydrogens (tertiary/aromatic N) is 1. The van der Waals surface area contributed by atoms with E-state index in [-0.39, 0.29) is 36.4 Å². The highest BCUT2D eigenvalue weighted by Gasteiger charge is 2.54. The van der Waals surface area contributed by atoms with Crippen LogP contribution >= 0.6 is 0 Å². The quantitative estimate of drug-likeness (QED) is 0.144. The van der Waals surface area contributed by atoms with Crippen LogP contribution in [0.25, 0.3) is 0 Å². The average Bonchev–Trinajstić information content (AvgIpc) is 2.81. The van der Waals surface area contributed by atoms with E-state index in [9.17, 15) is 15.3 Å². The Hall–Kier alpha value is -1.72. The van der Waals surface area contributed by atoms with Crippen LogP contribution in [0.4, 0.5) is 0 Å². The van der Waals surface area contributed by atoms with Gasteiger partial charge in [0, 0.05) is 36.4 Å². The maximum atomic E-state index is 9.85. The summed E-state index contributed by atoms with van der Waals surface area (Å²) in [7, 11) is 0. The molecule has 0 unspecified atom stereocenters. The van der Waals surface area contributed by atoms with Crippen molar-refractivity contribution in [3.05, 3.63) is 75.9 Å². The molecule has 4 nitrogen and oxygen atoms in total. The molecule has 0 heterocycles. The molecule has 4 heteroatoms. The standard InChI is InChI=1S/C30H51NO3/c1-7-16-28(17-8-2,22-13-25-32)31(29(18-9-3,19-10-4)23-14-26-33)30(20-11-5,21-12-6)24-15-27-34/h7-12,32-34H,1-6,13-27H2. The summed E-state index contributed by atoms with van der Waals surface area (Å²) in [5.41, 5.74) is -1.14. The van der Waals surface area contributed by atoms with Gasteiger partial charge in [-0.2, -0.15) is 0 Å². The van der Waals surface area contributed by atoms with Crippen molar-refractivity contribution in [3.63, 3.8) is 0 Å². The van der Waals surface area contributed by atoms with E-state index < -0.39 is 0 Å². The molecule has 0 amide bonds. The van der Waals surface area contributed by atoms with E-state index in [1.807, 2.05) is 36.5 Å². The Morgan fingerprint density at radius 1 is 0.441 bits per heavy atom. The van der Waals surface area contributed by atoms with Gasteiger partial charge in [-0.1, -0.05) is 36.5 Å². The topological polar surface area (TPSA) is 63.9 Å². The Balaban J connectivity index is 7.60. The smallest absolute Gasteiger partial charge is 0.0431 e. The van der Waals surface area contributed by atoms with Crippen molar-refractivity contribution in [1.29, 1.82) is 0 Å². The van der Waals surface area contributed by atoms with Crippen molar-refractivity contribution in [2.24, 2.45) is 0 Å². The summed E-state index contributed by atoms with van der Waals surface area (Å²) in [4.78, 5) is 2.64. The van der Waals surface area contributed by atoms with E-state index in [0.29, 0.717) is 57.8 Å². The van der Waals surface area contributed by atoms with Crippen LogP contribution in [0.2, 0.25) is 0 Å². The van der Waals surface area contributed by atoms with Crippen molar-refractivity contribution in [1.82, 2.24) is 4.90 Å². The monoisotopic (exact) mass is 473 g/mol. The van der Waals surface area contributed by atoms with Crippen LogP contribution < -0.4 is 0 Å². The van der Waals surface area contributed by atoms with E-state index in [1.165, 1.54) is 0 Å². The second-order valence-electron chi connectivity index (χ2n) is 9.45. The number of rotatable bonds is 24. The molecule has 0 aliphatic rings. The lowest BCUT2D eigenvalue weighted by atomic mass is 9.68. The predicted molar refractivity (Wildman–Crippen MR) is 148 cm³/mol. The molecule has 0 rings (SSSR count). The number of aliphatic hydroxyl groups excluding tert-OH is 3. The Morgan fingerprint density at radius 2 is 0.647 bits per heavy atom. The van der Waals surface area contributed by atoms with Gasteiger partial charge in [0.2, 0.25) is 0 Å². The Labute approximate surface area is 209 Å². The van der Waals surface area contributed by atoms with Crippen LogP contribution in [0.3, 0.4) is 0 Å². The number of hydrogen-bond donors (Lipinski definition) is 3. The summed E-state index contributed by atoms with van der Waals surface area (Å²) in [6, 6.07) is 0. The van der Waals surface area contributed by atoms with Crippen LogP contribution in [0.15, 0.2) is 75.9 Å². The lowest BCUT2D eigenvalue weighted by Crippen LogP contribution is -2.69. The first-order chi connectivity index (χ1) is 16.4. The molecule has 0 radical (unpaired) electrons. The van der Waals surface area contributed by atoms with E-state index in [2.05, 4.69) is 44.4 Å². The van der Waals surface area contributed by atoms with Crippen LogP contribution in [0.1, 0.15) is 77.0 Å². The summed E-state index contributed by atoms with van der Waals surface area (Å²) < 4.78 is 0. The predicted octanol–water partition coefficient (Wildman–Crippen LogP) is 6.28. The zero-order valence-electron chi connectivity index (χ0n) is 21.6. The van der Waals surface area contributed by atoms with Gasteiger partial charge in [-0.3, -0.25) is 4.90 Å². The molecular weight excluding hydrogens is 422 g/mol. The molecule has 34 heavy (non-hydrogen) atoms. The zero-order valence-corrected chi connectivity index (χ0v) is 21.6. The molecule has 0 aliphatic heterocycles. The fourth-order valence-electron chi connectivity index (χ4n) is 6.09. The summed E-state index contributed by atoms with van der Waals surface area (Å²) in [5, 5.41) is 29.5. The Morgan fingerprint density at radius 3 is 0.794 bits per heavy atom. The molecule has 0 spiro atoms. The van der Waals surface area contributed by atoms with Crippen molar-refractivity contribution in [2.75, 3.05) is 19.8 Å². The first kappa shape index (κ1) is 32.3. The molecule has 0 aliphatic carbocycles. The molecule has 0 atom stereocenters. The molecule has 194 valence electrons. The second-order valence-corrected chi connectivity index (χ2v) is 9.45. The molecular formula is C30H51NO3. The van der Waals surface area contributed by atoms with Crippen molar-refractivity contribution >= 4 is 0 Å². The SMILES string of the molecule is C=CCC(CC=C)(CCCO)N(C(CC=C)(CC=C)CCCO)C(CC=C)(CC=C)CCCO. The van der Waals surface area contributed by atoms with Gasteiger partial charge >= 0.3 is 0 Å². The summed E-state index contributed by atoms with van der Waals surface area (Å²) in [6.45, 7) is 24.9. The summed E-state index contributed by atoms with van der Waals surface area (Å²) in [5.74, 6) is 0. The van der Waals surface area contributed by atoms with Crippen molar-refractivity contribution in [2.45, 2.75) is 93.7 Å². The zero-order chi connectivity index (χ0) is 25.9. The van der Waals surface area contributed by atoms with Crippen LogP contribution in [0.5, 0.6) is 0 Å². The van der Waals surface area contributed by atoms with Crippen LogP contribution in [-0.4, -0.2) is 56.7 Å². The van der Waals surface area contributed by atoms with E-state index >= 15 is 0 Å². The lowest BCUT2D eigenvalue weighted by molar-refractivity contribution is -0.120. The third-order valence-corrected chi connectivity index (χ3v) is 6.97. The van der Waals surface area contributed by atoms with Crippen molar-refractivity contribution in [3.8, 4) is 0 Å². The maximum absolute atomic E-state index is 9.85. The molecule has 0 aromatic heterocycles. The Kier molecular flexibility index (Phi) is 16.8. The Bertz CT molecular complexity index is 509. The molecule has 0 fully saturated rings. The van der Waals surface area contributed by atoms with Gasteiger partial charge in [-0.05, 0) is 77.0 Å². The fraction of sp³-hybridized carbons (Fsp3) is 0.600. The maximum Gasteiger partial charge on any atom is 0.0431 e. The molecule has 0 aromatic carbocycles. The minimum absolute atomic E-state index is 0.100. The summed E-state index contributed by atoms with van der Waals surface area (Å²) >= 11 is 0. The van der Waals surface area contributed by atoms with Gasteiger partial charge in [-0.25, -0.2) is 0 Å². The summed E-state index contributed by atoms with van der Waals surface area (Å²) in [6.07, 6.45) is 20.3. The highest BCUT2D eigenvalue weighted by Crippen LogP contribution is 2.50. The van der Waals surface area contributed by atoms with Crippen LogP contribution in [0, 0.1) is 0 Å². The van der Waals surface area contributed by atoms with Crippen molar-refractivity contribution < 1.29 is 15.3 Å². The van der Waals surface area contributed by atoms with Gasteiger partial charge < -0.3 is 15.3 Å². The van der Waals surface area contributed by atoms with E-state index in [1.54, 1.807) is 0 Å². The minimum Gasteiger partial charge on any atom is -0.396 e. The second kappa shape index (κ2) is 17.7. The minimum atomic E-state index is -0.380. The largest absolute Gasteiger partial charge is 0.396 e. The third kappa shape index (κ3) is 8.49. The van der Waals surface area contributed by atoms with Gasteiger partial charge in [0.05, 0.1) is 0 Å². The average molecular weight is 474 g/mol. The van der Waals surface area contributed by atoms with Gasteiger partial charge in [0.1, 0.15) is 0 Å². The molecule has 0 saturated carbocycles. The molecule has 0 aromatic rings. The third-order valence-electron chi connectivity index (χ3n) is 6.97. The molecule has 0 bridgehead atoms. The highest BCUT2D eigenvalue weighted by atomic mass is 16.3. The normalized spacial score (nSPS) is 12.4. The lowest BCUT2D eigenvalue weighted by Gasteiger charge is -2.63. The van der Waals surface area contributed by atoms with Gasteiger partial charge in [-0.15, -0.1) is 39.5 Å². The molecule has 0 saturated heterocycles. The van der Waals surface area contributed by atoms with E-state index in [4.69, 9.17) is 0 Å². The first-order valence-corrected chi connectivity index (χ1v) is 12.7. The van der Waals surface area contributed by atoms with Crippen LogP contribution in [-0.2, 0) is 0 Å². The number of aliphatic hydroxyl groups is 3. The fourth-order valence-corrected chi connectivity index (χ4v) is 6.09. The highest BCUT2D eigenvalue weighted by molar-refractivity contribution is 5.17. The number of hydrogen-bond acceptors (Lipinski definition) is 4. The van der Waals surface area contributed by atoms with Gasteiger partial charge in [0.15, 0.2) is 0 Å². The molecule has 3 N–H and O–H groups in total. The van der Waals surface area contributed by atoms with E-state index in [0.717, 1.165) is 19.3 Å².